The first kappa shape index (κ1) is 21.0. The van der Waals surface area contributed by atoms with Crippen molar-refractivity contribution < 1.29 is 23.8 Å². The Labute approximate surface area is 172 Å². The number of benzene rings is 1. The molecule has 1 amide bonds. The van der Waals surface area contributed by atoms with Gasteiger partial charge in [-0.15, -0.1) is 0 Å². The van der Waals surface area contributed by atoms with Crippen LogP contribution in [0.2, 0.25) is 0 Å². The number of hydrogen-bond acceptors (Lipinski definition) is 8. The molecule has 0 atom stereocenters. The van der Waals surface area contributed by atoms with Gasteiger partial charge < -0.3 is 19.6 Å². The maximum Gasteiger partial charge on any atom is 0.360 e. The van der Waals surface area contributed by atoms with Gasteiger partial charge >= 0.3 is 17.3 Å². The van der Waals surface area contributed by atoms with Crippen molar-refractivity contribution in [3.8, 4) is 5.88 Å². The number of esters is 1. The van der Waals surface area contributed by atoms with Crippen LogP contribution in [0, 0.1) is 0 Å². The summed E-state index contributed by atoms with van der Waals surface area (Å²) in [5.74, 6) is -2.52. The summed E-state index contributed by atoms with van der Waals surface area (Å²) in [5, 5.41) is 12.1. The molecule has 1 aromatic carbocycles. The van der Waals surface area contributed by atoms with Crippen LogP contribution < -0.4 is 22.2 Å². The topological polar surface area (TPSA) is 172 Å². The van der Waals surface area contributed by atoms with E-state index in [2.05, 4.69) is 10.1 Å². The first-order valence-electron chi connectivity index (χ1n) is 8.66. The molecule has 11 heteroatoms. The Balaban J connectivity index is 2.02. The number of carbonyl (C=O) groups excluding carboxylic acids is 2. The third kappa shape index (κ3) is 4.67. The molecule has 3 aromatic rings. The third-order valence-electron chi connectivity index (χ3n) is 4.03. The first-order chi connectivity index (χ1) is 14.8. The van der Waals surface area contributed by atoms with Crippen LogP contribution in [0.3, 0.4) is 0 Å². The Kier molecular flexibility index (Phi) is 5.96. The van der Waals surface area contributed by atoms with Crippen LogP contribution in [-0.4, -0.2) is 34.1 Å². The van der Waals surface area contributed by atoms with Crippen molar-refractivity contribution in [1.29, 1.82) is 0 Å². The summed E-state index contributed by atoms with van der Waals surface area (Å²) in [4.78, 5) is 63.6. The van der Waals surface area contributed by atoms with Gasteiger partial charge in [-0.2, -0.15) is 0 Å². The molecule has 3 rings (SSSR count). The molecule has 0 aliphatic carbocycles. The Bertz CT molecular complexity index is 1350. The maximum atomic E-state index is 12.3. The summed E-state index contributed by atoms with van der Waals surface area (Å²) < 4.78 is 9.77. The second-order valence-electron chi connectivity index (χ2n) is 6.04. The van der Waals surface area contributed by atoms with Crippen molar-refractivity contribution in [3.63, 3.8) is 0 Å². The van der Waals surface area contributed by atoms with E-state index >= 15 is 0 Å². The monoisotopic (exact) mass is 425 g/mol. The number of H-pyrrole nitrogens is 2. The van der Waals surface area contributed by atoms with Crippen molar-refractivity contribution in [2.45, 2.75) is 0 Å². The van der Waals surface area contributed by atoms with E-state index < -0.39 is 34.6 Å². The summed E-state index contributed by atoms with van der Waals surface area (Å²) in [6.45, 7) is 0. The van der Waals surface area contributed by atoms with Crippen molar-refractivity contribution in [2.24, 2.45) is 0 Å². The molecule has 0 spiro atoms. The number of methoxy groups -OCH3 is 1. The average Bonchev–Trinajstić information content (AvgIpc) is 2.74. The SMILES string of the molecule is COC(=O)c1cc(NC(=O)c2ccccc2)c(=O)oc1C=Cc1c(O)[nH]c(=O)[nH]c1=O. The number of amides is 1. The zero-order valence-corrected chi connectivity index (χ0v) is 15.9. The van der Waals surface area contributed by atoms with E-state index in [0.29, 0.717) is 0 Å². The lowest BCUT2D eigenvalue weighted by molar-refractivity contribution is 0.0597. The van der Waals surface area contributed by atoms with Gasteiger partial charge in [0, 0.05) is 5.56 Å². The molecule has 2 heterocycles. The van der Waals surface area contributed by atoms with Crippen LogP contribution >= 0.6 is 0 Å². The molecular formula is C20H15N3O8. The number of rotatable bonds is 5. The van der Waals surface area contributed by atoms with Gasteiger partial charge in [-0.1, -0.05) is 18.2 Å². The van der Waals surface area contributed by atoms with Crippen LogP contribution in [0.25, 0.3) is 12.2 Å². The van der Waals surface area contributed by atoms with Crippen LogP contribution in [-0.2, 0) is 4.74 Å². The van der Waals surface area contributed by atoms with Crippen LogP contribution in [0.4, 0.5) is 5.69 Å². The van der Waals surface area contributed by atoms with E-state index in [1.807, 2.05) is 9.97 Å². The number of carbonyl (C=O) groups is 2. The van der Waals surface area contributed by atoms with Gasteiger partial charge in [0.15, 0.2) is 0 Å². The fourth-order valence-electron chi connectivity index (χ4n) is 2.55. The summed E-state index contributed by atoms with van der Waals surface area (Å²) in [5.41, 5.74) is -3.42. The quantitative estimate of drug-likeness (QED) is 0.437. The Hall–Kier alpha value is -4.67. The fraction of sp³-hybridized carbons (Fsp3) is 0.0500. The number of nitrogens with one attached hydrogen (secondary N) is 3. The molecule has 4 N–H and O–H groups in total. The number of hydrogen-bond donors (Lipinski definition) is 4. The molecule has 0 saturated carbocycles. The molecule has 0 unspecified atom stereocenters. The number of aromatic nitrogens is 2. The number of ether oxygens (including phenoxy) is 1. The first-order valence-corrected chi connectivity index (χ1v) is 8.66. The average molecular weight is 425 g/mol. The molecule has 11 nitrogen and oxygen atoms in total. The van der Waals surface area contributed by atoms with E-state index in [1.165, 1.54) is 12.1 Å². The van der Waals surface area contributed by atoms with E-state index in [0.717, 1.165) is 25.3 Å². The van der Waals surface area contributed by atoms with Gasteiger partial charge in [-0.05, 0) is 30.4 Å². The summed E-state index contributed by atoms with van der Waals surface area (Å²) in [6.07, 6.45) is 2.08. The van der Waals surface area contributed by atoms with E-state index in [-0.39, 0.29) is 28.1 Å². The molecule has 0 fully saturated rings. The highest BCUT2D eigenvalue weighted by Gasteiger charge is 2.19. The highest BCUT2D eigenvalue weighted by atomic mass is 16.5. The van der Waals surface area contributed by atoms with Gasteiger partial charge in [-0.25, -0.2) is 14.4 Å². The summed E-state index contributed by atoms with van der Waals surface area (Å²) >= 11 is 0. The Morgan fingerprint density at radius 1 is 1.10 bits per heavy atom. The summed E-state index contributed by atoms with van der Waals surface area (Å²) in [6, 6.07) is 9.12. The summed E-state index contributed by atoms with van der Waals surface area (Å²) in [7, 11) is 1.10. The number of anilines is 1. The standard InChI is InChI=1S/C20H15N3O8/c1-30-18(27)12-9-13(21-15(24)10-5-3-2-4-6-10)19(28)31-14(12)8-7-11-16(25)22-20(29)23-17(11)26/h2-9H,1H3,(H,21,24)(H3,22,23,25,26,29). The Morgan fingerprint density at radius 3 is 2.45 bits per heavy atom. The van der Waals surface area contributed by atoms with Gasteiger partial charge in [-0.3, -0.25) is 19.6 Å². The van der Waals surface area contributed by atoms with Gasteiger partial charge in [0.25, 0.3) is 11.5 Å². The molecular weight excluding hydrogens is 410 g/mol. The van der Waals surface area contributed by atoms with Gasteiger partial charge in [0.05, 0.1) is 12.7 Å². The normalized spacial score (nSPS) is 10.7. The molecule has 0 aliphatic rings. The predicted octanol–water partition coefficient (Wildman–Crippen LogP) is 0.931. The predicted molar refractivity (Wildman–Crippen MR) is 109 cm³/mol. The smallest absolute Gasteiger partial charge is 0.360 e. The van der Waals surface area contributed by atoms with Crippen LogP contribution in [0.15, 0.2) is 55.2 Å². The van der Waals surface area contributed by atoms with Gasteiger partial charge in [0.2, 0.25) is 5.88 Å². The molecule has 0 radical (unpaired) electrons. The minimum Gasteiger partial charge on any atom is -0.494 e. The lowest BCUT2D eigenvalue weighted by Gasteiger charge is -2.08. The largest absolute Gasteiger partial charge is 0.494 e. The van der Waals surface area contributed by atoms with Crippen LogP contribution in [0.1, 0.15) is 32.0 Å². The van der Waals surface area contributed by atoms with Crippen molar-refractivity contribution in [3.05, 3.63) is 90.1 Å². The molecule has 158 valence electrons. The fourth-order valence-corrected chi connectivity index (χ4v) is 2.55. The van der Waals surface area contributed by atoms with Crippen molar-refractivity contribution in [1.82, 2.24) is 9.97 Å². The Morgan fingerprint density at radius 2 is 1.81 bits per heavy atom. The van der Waals surface area contributed by atoms with Crippen molar-refractivity contribution in [2.75, 3.05) is 12.4 Å². The van der Waals surface area contributed by atoms with Crippen LogP contribution in [0.5, 0.6) is 5.88 Å². The lowest BCUT2D eigenvalue weighted by Crippen LogP contribution is -2.23. The van der Waals surface area contributed by atoms with Gasteiger partial charge in [0.1, 0.15) is 17.0 Å². The minimum atomic E-state index is -0.976. The minimum absolute atomic E-state index is 0.234. The van der Waals surface area contributed by atoms with E-state index in [9.17, 15) is 29.1 Å². The molecule has 0 aliphatic heterocycles. The second kappa shape index (κ2) is 8.78. The zero-order chi connectivity index (χ0) is 22.5. The molecule has 2 aromatic heterocycles. The van der Waals surface area contributed by atoms with E-state index in [1.54, 1.807) is 18.2 Å². The highest BCUT2D eigenvalue weighted by Crippen LogP contribution is 2.18. The second-order valence-corrected chi connectivity index (χ2v) is 6.04. The third-order valence-corrected chi connectivity index (χ3v) is 4.03. The van der Waals surface area contributed by atoms with Crippen molar-refractivity contribution >= 4 is 29.7 Å². The van der Waals surface area contributed by atoms with E-state index in [4.69, 9.17) is 4.42 Å². The zero-order valence-electron chi connectivity index (χ0n) is 15.9. The maximum absolute atomic E-state index is 12.3. The molecule has 31 heavy (non-hydrogen) atoms. The molecule has 0 bridgehead atoms. The number of aromatic hydroxyl groups is 1. The lowest BCUT2D eigenvalue weighted by atomic mass is 10.1. The highest BCUT2D eigenvalue weighted by molar-refractivity contribution is 6.05. The molecule has 0 saturated heterocycles. The number of aromatic amines is 2.